The Kier molecular flexibility index (Phi) is 2.44. The lowest BCUT2D eigenvalue weighted by Crippen LogP contribution is -1.89. The summed E-state index contributed by atoms with van der Waals surface area (Å²) in [5.74, 6) is -1.42. The number of hydrogen-bond acceptors (Lipinski definition) is 3. The van der Waals surface area contributed by atoms with E-state index >= 15 is 0 Å². The maximum absolute atomic E-state index is 13.2. The van der Waals surface area contributed by atoms with Crippen LogP contribution in [0.1, 0.15) is 0 Å². The van der Waals surface area contributed by atoms with Crippen molar-refractivity contribution in [2.45, 2.75) is 0 Å². The Labute approximate surface area is 117 Å². The zero-order valence-corrected chi connectivity index (χ0v) is 10.6. The predicted octanol–water partition coefficient (Wildman–Crippen LogP) is 3.45. The van der Waals surface area contributed by atoms with Crippen molar-refractivity contribution in [3.8, 4) is 11.5 Å². The number of rotatable bonds is 1. The summed E-state index contributed by atoms with van der Waals surface area (Å²) >= 11 is 0. The minimum absolute atomic E-state index is 0.346. The van der Waals surface area contributed by atoms with E-state index < -0.39 is 11.6 Å². The highest BCUT2D eigenvalue weighted by Gasteiger charge is 2.11. The highest BCUT2D eigenvalue weighted by Crippen LogP contribution is 2.22. The molecule has 6 heteroatoms. The van der Waals surface area contributed by atoms with Gasteiger partial charge in [0.1, 0.15) is 5.69 Å². The minimum Gasteiger partial charge on any atom is -0.337 e. The smallest absolute Gasteiger partial charge is 0.161 e. The van der Waals surface area contributed by atoms with Crippen molar-refractivity contribution in [2.24, 2.45) is 0 Å². The topological polar surface area (TPSA) is 54.5 Å². The Morgan fingerprint density at radius 1 is 0.857 bits per heavy atom. The number of para-hydroxylation sites is 2. The van der Waals surface area contributed by atoms with Crippen LogP contribution < -0.4 is 0 Å². The lowest BCUT2D eigenvalue weighted by atomic mass is 10.3. The van der Waals surface area contributed by atoms with Crippen molar-refractivity contribution in [3.05, 3.63) is 54.2 Å². The van der Waals surface area contributed by atoms with Gasteiger partial charge in [0.25, 0.3) is 0 Å². The van der Waals surface area contributed by atoms with Gasteiger partial charge >= 0.3 is 0 Å². The number of aromatic amines is 1. The second-order valence-electron chi connectivity index (χ2n) is 4.61. The van der Waals surface area contributed by atoms with Gasteiger partial charge in [0.2, 0.25) is 0 Å². The molecule has 0 saturated heterocycles. The third kappa shape index (κ3) is 1.92. The van der Waals surface area contributed by atoms with Crippen molar-refractivity contribution in [3.63, 3.8) is 0 Å². The number of hydrogen-bond donors (Lipinski definition) is 1. The second-order valence-corrected chi connectivity index (χ2v) is 4.61. The molecule has 102 valence electrons. The van der Waals surface area contributed by atoms with E-state index in [4.69, 9.17) is 0 Å². The van der Waals surface area contributed by atoms with Gasteiger partial charge in [0.05, 0.1) is 28.3 Å². The molecule has 0 aliphatic rings. The van der Waals surface area contributed by atoms with Gasteiger partial charge in [0.15, 0.2) is 17.5 Å². The summed E-state index contributed by atoms with van der Waals surface area (Å²) in [5.41, 5.74) is 2.78. The van der Waals surface area contributed by atoms with E-state index in [2.05, 4.69) is 19.9 Å². The molecular weight excluding hydrogens is 274 g/mol. The minimum atomic E-state index is -0.926. The monoisotopic (exact) mass is 282 g/mol. The second kappa shape index (κ2) is 4.31. The van der Waals surface area contributed by atoms with Crippen LogP contribution in [0.2, 0.25) is 0 Å². The van der Waals surface area contributed by atoms with Crippen LogP contribution in [-0.4, -0.2) is 19.9 Å². The summed E-state index contributed by atoms with van der Waals surface area (Å²) in [6.45, 7) is 0. The first kappa shape index (κ1) is 11.9. The Bertz CT molecular complexity index is 939. The Morgan fingerprint density at radius 2 is 1.62 bits per heavy atom. The SMILES string of the molecule is Fc1cc2nc(-c3cnc4ccccc4n3)[nH]c2cc1F. The van der Waals surface area contributed by atoms with Crippen LogP contribution in [0.25, 0.3) is 33.6 Å². The maximum atomic E-state index is 13.2. The van der Waals surface area contributed by atoms with Gasteiger partial charge in [-0.05, 0) is 12.1 Å². The molecule has 0 aliphatic carbocycles. The molecule has 4 aromatic rings. The summed E-state index contributed by atoms with van der Waals surface area (Å²) in [4.78, 5) is 15.9. The average Bonchev–Trinajstić information content (AvgIpc) is 2.90. The number of H-pyrrole nitrogens is 1. The Hall–Kier alpha value is -2.89. The van der Waals surface area contributed by atoms with Gasteiger partial charge in [-0.25, -0.2) is 18.7 Å². The molecule has 0 atom stereocenters. The third-order valence-corrected chi connectivity index (χ3v) is 3.22. The van der Waals surface area contributed by atoms with Gasteiger partial charge in [-0.3, -0.25) is 4.98 Å². The Morgan fingerprint density at radius 3 is 2.48 bits per heavy atom. The van der Waals surface area contributed by atoms with Gasteiger partial charge in [-0.2, -0.15) is 0 Å². The van der Waals surface area contributed by atoms with Crippen molar-refractivity contribution in [1.29, 1.82) is 0 Å². The molecule has 0 amide bonds. The Balaban J connectivity index is 1.91. The summed E-state index contributed by atoms with van der Waals surface area (Å²) in [7, 11) is 0. The van der Waals surface area contributed by atoms with E-state index in [1.54, 1.807) is 6.20 Å². The van der Waals surface area contributed by atoms with Gasteiger partial charge < -0.3 is 4.98 Å². The van der Waals surface area contributed by atoms with Crippen molar-refractivity contribution in [1.82, 2.24) is 19.9 Å². The number of imidazole rings is 1. The van der Waals surface area contributed by atoms with E-state index in [1.165, 1.54) is 0 Å². The largest absolute Gasteiger partial charge is 0.337 e. The van der Waals surface area contributed by atoms with Crippen LogP contribution in [0.5, 0.6) is 0 Å². The van der Waals surface area contributed by atoms with Gasteiger partial charge in [-0.15, -0.1) is 0 Å². The normalized spacial score (nSPS) is 11.3. The molecule has 2 heterocycles. The summed E-state index contributed by atoms with van der Waals surface area (Å²) < 4.78 is 26.4. The number of nitrogens with one attached hydrogen (secondary N) is 1. The fourth-order valence-electron chi connectivity index (χ4n) is 2.20. The highest BCUT2D eigenvalue weighted by molar-refractivity contribution is 5.80. The number of aromatic nitrogens is 4. The average molecular weight is 282 g/mol. The van der Waals surface area contributed by atoms with Crippen molar-refractivity contribution in [2.75, 3.05) is 0 Å². The molecule has 2 aromatic carbocycles. The molecule has 0 fully saturated rings. The fourth-order valence-corrected chi connectivity index (χ4v) is 2.20. The fraction of sp³-hybridized carbons (Fsp3) is 0. The van der Waals surface area contributed by atoms with Gasteiger partial charge in [0, 0.05) is 12.1 Å². The lowest BCUT2D eigenvalue weighted by molar-refractivity contribution is 0.510. The summed E-state index contributed by atoms with van der Waals surface area (Å²) in [6.07, 6.45) is 1.58. The molecule has 21 heavy (non-hydrogen) atoms. The van der Waals surface area contributed by atoms with E-state index in [0.29, 0.717) is 22.6 Å². The standard InChI is InChI=1S/C15H8F2N4/c16-8-5-12-13(6-9(8)17)21-15(20-12)14-7-18-10-3-1-2-4-11(10)19-14/h1-7H,(H,20,21). The highest BCUT2D eigenvalue weighted by atomic mass is 19.2. The first-order valence-corrected chi connectivity index (χ1v) is 6.27. The summed E-state index contributed by atoms with van der Waals surface area (Å²) in [5, 5.41) is 0. The summed E-state index contributed by atoms with van der Waals surface area (Å²) in [6, 6.07) is 9.58. The van der Waals surface area contributed by atoms with E-state index in [9.17, 15) is 8.78 Å². The molecule has 0 radical (unpaired) electrons. The molecule has 0 bridgehead atoms. The molecule has 0 saturated carbocycles. The first-order valence-electron chi connectivity index (χ1n) is 6.27. The van der Waals surface area contributed by atoms with Crippen LogP contribution in [0.4, 0.5) is 8.78 Å². The van der Waals surface area contributed by atoms with Crippen molar-refractivity contribution >= 4 is 22.1 Å². The predicted molar refractivity (Wildman–Crippen MR) is 74.5 cm³/mol. The molecule has 0 spiro atoms. The van der Waals surface area contributed by atoms with Crippen LogP contribution in [-0.2, 0) is 0 Å². The van der Waals surface area contributed by atoms with Crippen LogP contribution in [0, 0.1) is 11.6 Å². The number of halogens is 2. The zero-order chi connectivity index (χ0) is 14.4. The lowest BCUT2D eigenvalue weighted by Gasteiger charge is -1.98. The van der Waals surface area contributed by atoms with Crippen LogP contribution in [0.3, 0.4) is 0 Å². The van der Waals surface area contributed by atoms with Crippen LogP contribution in [0.15, 0.2) is 42.6 Å². The third-order valence-electron chi connectivity index (χ3n) is 3.22. The molecular formula is C15H8F2N4. The van der Waals surface area contributed by atoms with E-state index in [0.717, 1.165) is 23.2 Å². The molecule has 0 aliphatic heterocycles. The quantitative estimate of drug-likeness (QED) is 0.581. The zero-order valence-electron chi connectivity index (χ0n) is 10.6. The molecule has 2 aromatic heterocycles. The molecule has 4 nitrogen and oxygen atoms in total. The number of fused-ring (bicyclic) bond motifs is 2. The van der Waals surface area contributed by atoms with E-state index in [-0.39, 0.29) is 0 Å². The number of nitrogens with zero attached hydrogens (tertiary/aromatic N) is 3. The number of benzene rings is 2. The van der Waals surface area contributed by atoms with Gasteiger partial charge in [-0.1, -0.05) is 12.1 Å². The first-order chi connectivity index (χ1) is 10.2. The maximum Gasteiger partial charge on any atom is 0.161 e. The molecule has 0 unspecified atom stereocenters. The molecule has 4 rings (SSSR count). The van der Waals surface area contributed by atoms with Crippen LogP contribution >= 0.6 is 0 Å². The molecule has 1 N–H and O–H groups in total. The van der Waals surface area contributed by atoms with E-state index in [1.807, 2.05) is 24.3 Å². The van der Waals surface area contributed by atoms with Crippen molar-refractivity contribution < 1.29 is 8.78 Å².